The lowest BCUT2D eigenvalue weighted by Crippen LogP contribution is -2.44. The van der Waals surface area contributed by atoms with Gasteiger partial charge in [0.1, 0.15) is 12.1 Å². The zero-order valence-corrected chi connectivity index (χ0v) is 12.8. The van der Waals surface area contributed by atoms with Crippen molar-refractivity contribution < 1.29 is 9.53 Å². The molecule has 3 unspecified atom stereocenters. The molecule has 0 radical (unpaired) electrons. The molecular formula is C18H25NO2. The van der Waals surface area contributed by atoms with E-state index in [1.807, 2.05) is 6.07 Å². The molecule has 114 valence electrons. The van der Waals surface area contributed by atoms with E-state index in [1.165, 1.54) is 17.5 Å². The van der Waals surface area contributed by atoms with Crippen molar-refractivity contribution in [2.45, 2.75) is 57.6 Å². The fraction of sp³-hybridized carbons (Fsp3) is 0.611. The Hall–Kier alpha value is -1.35. The van der Waals surface area contributed by atoms with Crippen molar-refractivity contribution in [1.29, 1.82) is 0 Å². The van der Waals surface area contributed by atoms with E-state index < -0.39 is 0 Å². The molecule has 21 heavy (non-hydrogen) atoms. The molecule has 0 saturated carbocycles. The standard InChI is InChI=1S/C18H25NO2/c1-2-13-10-11-19-16(12-13)18(20)21-17-9-5-7-14-6-3-4-8-15(14)17/h3-4,6,8,13,16-17,19H,2,5,7,9-12H2,1H3. The summed E-state index contributed by atoms with van der Waals surface area (Å²) < 4.78 is 5.85. The minimum atomic E-state index is -0.113. The number of rotatable bonds is 3. The van der Waals surface area contributed by atoms with Gasteiger partial charge in [0, 0.05) is 0 Å². The first kappa shape index (κ1) is 14.6. The van der Waals surface area contributed by atoms with Crippen LogP contribution < -0.4 is 5.32 Å². The van der Waals surface area contributed by atoms with Crippen LogP contribution in [-0.2, 0) is 16.0 Å². The minimum Gasteiger partial charge on any atom is -0.456 e. The average Bonchev–Trinajstić information content (AvgIpc) is 2.55. The first-order valence-corrected chi connectivity index (χ1v) is 8.29. The molecule has 3 heteroatoms. The third-order valence-corrected chi connectivity index (χ3v) is 4.95. The maximum Gasteiger partial charge on any atom is 0.323 e. The Morgan fingerprint density at radius 1 is 1.33 bits per heavy atom. The van der Waals surface area contributed by atoms with Gasteiger partial charge in [-0.3, -0.25) is 4.79 Å². The fourth-order valence-corrected chi connectivity index (χ4v) is 3.60. The van der Waals surface area contributed by atoms with E-state index >= 15 is 0 Å². The SMILES string of the molecule is CCC1CCNC(C(=O)OC2CCCc3ccccc32)C1. The van der Waals surface area contributed by atoms with Crippen LogP contribution in [0.25, 0.3) is 0 Å². The Bertz CT molecular complexity index is 500. The molecule has 1 aromatic carbocycles. The molecule has 1 aliphatic carbocycles. The van der Waals surface area contributed by atoms with Gasteiger partial charge < -0.3 is 10.1 Å². The quantitative estimate of drug-likeness (QED) is 0.866. The van der Waals surface area contributed by atoms with E-state index in [0.717, 1.165) is 38.6 Å². The van der Waals surface area contributed by atoms with Crippen LogP contribution in [0.5, 0.6) is 0 Å². The molecule has 1 heterocycles. The number of piperidine rings is 1. The van der Waals surface area contributed by atoms with E-state index in [0.29, 0.717) is 5.92 Å². The molecule has 0 aromatic heterocycles. The third-order valence-electron chi connectivity index (χ3n) is 4.95. The highest BCUT2D eigenvalue weighted by Gasteiger charge is 2.30. The molecule has 1 fully saturated rings. The largest absolute Gasteiger partial charge is 0.456 e. The summed E-state index contributed by atoms with van der Waals surface area (Å²) in [6.07, 6.45) is 6.35. The summed E-state index contributed by atoms with van der Waals surface area (Å²) in [4.78, 5) is 12.5. The minimum absolute atomic E-state index is 0.0498. The molecule has 3 atom stereocenters. The molecule has 1 aromatic rings. The van der Waals surface area contributed by atoms with E-state index in [9.17, 15) is 4.79 Å². The fourth-order valence-electron chi connectivity index (χ4n) is 3.60. The predicted octanol–water partition coefficient (Wildman–Crippen LogP) is 3.39. The molecule has 3 rings (SSSR count). The Balaban J connectivity index is 1.65. The van der Waals surface area contributed by atoms with Crippen LogP contribution in [-0.4, -0.2) is 18.6 Å². The maximum absolute atomic E-state index is 12.5. The van der Waals surface area contributed by atoms with Crippen LogP contribution in [0, 0.1) is 5.92 Å². The molecular weight excluding hydrogens is 262 g/mol. The molecule has 1 saturated heterocycles. The molecule has 0 amide bonds. The predicted molar refractivity (Wildman–Crippen MR) is 83.0 cm³/mol. The van der Waals surface area contributed by atoms with Gasteiger partial charge in [-0.2, -0.15) is 0 Å². The second kappa shape index (κ2) is 6.61. The Labute approximate surface area is 127 Å². The average molecular weight is 287 g/mol. The van der Waals surface area contributed by atoms with Gasteiger partial charge in [-0.25, -0.2) is 0 Å². The van der Waals surface area contributed by atoms with E-state index in [4.69, 9.17) is 4.74 Å². The van der Waals surface area contributed by atoms with E-state index in [1.54, 1.807) is 0 Å². The number of carbonyl (C=O) groups is 1. The van der Waals surface area contributed by atoms with E-state index in [-0.39, 0.29) is 18.1 Å². The van der Waals surface area contributed by atoms with E-state index in [2.05, 4.69) is 30.4 Å². The number of benzene rings is 1. The van der Waals surface area contributed by atoms with Crippen molar-refractivity contribution in [1.82, 2.24) is 5.32 Å². The van der Waals surface area contributed by atoms with Crippen LogP contribution in [0.15, 0.2) is 24.3 Å². The highest BCUT2D eigenvalue weighted by molar-refractivity contribution is 5.76. The normalized spacial score (nSPS) is 28.7. The molecule has 0 spiro atoms. The third kappa shape index (κ3) is 3.29. The Kier molecular flexibility index (Phi) is 4.59. The number of esters is 1. The zero-order valence-electron chi connectivity index (χ0n) is 12.8. The number of nitrogens with one attached hydrogen (secondary N) is 1. The molecule has 2 aliphatic rings. The Morgan fingerprint density at radius 3 is 3.05 bits per heavy atom. The van der Waals surface area contributed by atoms with Gasteiger partial charge in [-0.05, 0) is 55.7 Å². The summed E-state index contributed by atoms with van der Waals surface area (Å²) in [5, 5.41) is 3.32. The van der Waals surface area contributed by atoms with Crippen molar-refractivity contribution in [3.63, 3.8) is 0 Å². The van der Waals surface area contributed by atoms with Crippen molar-refractivity contribution >= 4 is 5.97 Å². The maximum atomic E-state index is 12.5. The van der Waals surface area contributed by atoms with Gasteiger partial charge in [0.25, 0.3) is 0 Å². The van der Waals surface area contributed by atoms with Crippen LogP contribution in [0.3, 0.4) is 0 Å². The van der Waals surface area contributed by atoms with Crippen LogP contribution >= 0.6 is 0 Å². The lowest BCUT2D eigenvalue weighted by atomic mass is 9.88. The van der Waals surface area contributed by atoms with Gasteiger partial charge in [0.05, 0.1) is 0 Å². The molecule has 0 bridgehead atoms. The molecule has 3 nitrogen and oxygen atoms in total. The van der Waals surface area contributed by atoms with Crippen molar-refractivity contribution in [2.75, 3.05) is 6.54 Å². The lowest BCUT2D eigenvalue weighted by Gasteiger charge is -2.31. The summed E-state index contributed by atoms with van der Waals surface area (Å²) in [5.41, 5.74) is 2.55. The zero-order chi connectivity index (χ0) is 14.7. The van der Waals surface area contributed by atoms with Crippen LogP contribution in [0.4, 0.5) is 0 Å². The number of hydrogen-bond donors (Lipinski definition) is 1. The summed E-state index contributed by atoms with van der Waals surface area (Å²) in [6, 6.07) is 8.25. The van der Waals surface area contributed by atoms with Gasteiger partial charge >= 0.3 is 5.97 Å². The number of aryl methyl sites for hydroxylation is 1. The smallest absolute Gasteiger partial charge is 0.323 e. The van der Waals surface area contributed by atoms with Gasteiger partial charge in [0.15, 0.2) is 0 Å². The summed E-state index contributed by atoms with van der Waals surface area (Å²) in [5.74, 6) is 0.595. The summed E-state index contributed by atoms with van der Waals surface area (Å²) >= 11 is 0. The van der Waals surface area contributed by atoms with Gasteiger partial charge in [-0.1, -0.05) is 37.6 Å². The van der Waals surface area contributed by atoms with Crippen LogP contribution in [0.2, 0.25) is 0 Å². The number of carbonyl (C=O) groups excluding carboxylic acids is 1. The Morgan fingerprint density at radius 2 is 2.19 bits per heavy atom. The first-order chi connectivity index (χ1) is 10.3. The first-order valence-electron chi connectivity index (χ1n) is 8.29. The second-order valence-electron chi connectivity index (χ2n) is 6.32. The van der Waals surface area contributed by atoms with Crippen molar-refractivity contribution in [3.8, 4) is 0 Å². The highest BCUT2D eigenvalue weighted by Crippen LogP contribution is 2.33. The van der Waals surface area contributed by atoms with Gasteiger partial charge in [-0.15, -0.1) is 0 Å². The van der Waals surface area contributed by atoms with Crippen molar-refractivity contribution in [3.05, 3.63) is 35.4 Å². The monoisotopic (exact) mass is 287 g/mol. The summed E-state index contributed by atoms with van der Waals surface area (Å²) in [6.45, 7) is 3.13. The number of ether oxygens (including phenoxy) is 1. The lowest BCUT2D eigenvalue weighted by molar-refractivity contribution is -0.154. The molecule has 1 N–H and O–H groups in total. The van der Waals surface area contributed by atoms with Crippen molar-refractivity contribution in [2.24, 2.45) is 5.92 Å². The topological polar surface area (TPSA) is 38.3 Å². The summed E-state index contributed by atoms with van der Waals surface area (Å²) in [7, 11) is 0. The van der Waals surface area contributed by atoms with Gasteiger partial charge in [0.2, 0.25) is 0 Å². The highest BCUT2D eigenvalue weighted by atomic mass is 16.5. The second-order valence-corrected chi connectivity index (χ2v) is 6.32. The van der Waals surface area contributed by atoms with Crippen LogP contribution in [0.1, 0.15) is 56.3 Å². The molecule has 1 aliphatic heterocycles. The number of hydrogen-bond acceptors (Lipinski definition) is 3. The number of fused-ring (bicyclic) bond motifs is 1.